The summed E-state index contributed by atoms with van der Waals surface area (Å²) in [7, 11) is 0. The number of pyridine rings is 1. The zero-order chi connectivity index (χ0) is 11.5. The third-order valence-electron chi connectivity index (χ3n) is 2.31. The second kappa shape index (κ2) is 4.58. The summed E-state index contributed by atoms with van der Waals surface area (Å²) in [5.74, 6) is 0. The Morgan fingerprint density at radius 3 is 2.44 bits per heavy atom. The van der Waals surface area contributed by atoms with Crippen molar-refractivity contribution in [2.45, 2.75) is 6.92 Å². The van der Waals surface area contributed by atoms with Crippen LogP contribution in [0.1, 0.15) is 16.8 Å². The summed E-state index contributed by atoms with van der Waals surface area (Å²) >= 11 is 3.31. The van der Waals surface area contributed by atoms with Crippen LogP contribution in [-0.2, 0) is 0 Å². The minimum absolute atomic E-state index is 0.446. The van der Waals surface area contributed by atoms with Crippen LogP contribution in [0.2, 0.25) is 0 Å². The molecule has 0 radical (unpaired) electrons. The zero-order valence-electron chi connectivity index (χ0n) is 8.87. The Hall–Kier alpha value is -1.48. The Morgan fingerprint density at radius 1 is 1.12 bits per heavy atom. The Balaban J connectivity index is 2.35. The van der Waals surface area contributed by atoms with E-state index in [4.69, 9.17) is 5.41 Å². The van der Waals surface area contributed by atoms with Crippen molar-refractivity contribution >= 4 is 21.6 Å². The molecule has 3 heteroatoms. The minimum atomic E-state index is 0.446. The number of halogens is 1. The normalized spacial score (nSPS) is 10.1. The fourth-order valence-electron chi connectivity index (χ4n) is 1.42. The maximum absolute atomic E-state index is 8.05. The molecular formula is C13H11BrN2. The van der Waals surface area contributed by atoms with Gasteiger partial charge in [-0.1, -0.05) is 35.9 Å². The molecular weight excluding hydrogens is 264 g/mol. The first-order chi connectivity index (χ1) is 7.66. The third-order valence-corrected chi connectivity index (χ3v) is 2.75. The summed E-state index contributed by atoms with van der Waals surface area (Å²) in [6.45, 7) is 2.03. The highest BCUT2D eigenvalue weighted by Crippen LogP contribution is 2.12. The van der Waals surface area contributed by atoms with Gasteiger partial charge in [-0.05, 0) is 35.0 Å². The molecule has 0 aliphatic carbocycles. The predicted octanol–water partition coefficient (Wildman–Crippen LogP) is 3.57. The van der Waals surface area contributed by atoms with E-state index in [1.807, 2.05) is 49.4 Å². The van der Waals surface area contributed by atoms with Gasteiger partial charge in [0.25, 0.3) is 0 Å². The molecule has 0 aliphatic heterocycles. The quantitative estimate of drug-likeness (QED) is 0.660. The molecule has 0 atom stereocenters. The van der Waals surface area contributed by atoms with Crippen LogP contribution in [0.25, 0.3) is 0 Å². The Labute approximate surface area is 103 Å². The average molecular weight is 275 g/mol. The first kappa shape index (κ1) is 11.0. The van der Waals surface area contributed by atoms with E-state index in [1.165, 1.54) is 5.56 Å². The first-order valence-electron chi connectivity index (χ1n) is 4.95. The number of benzene rings is 1. The van der Waals surface area contributed by atoms with Gasteiger partial charge in [0.05, 0.1) is 11.4 Å². The molecule has 0 unspecified atom stereocenters. The van der Waals surface area contributed by atoms with Crippen LogP contribution >= 0.6 is 15.9 Å². The van der Waals surface area contributed by atoms with Crippen LogP contribution in [0, 0.1) is 12.3 Å². The third kappa shape index (κ3) is 2.36. The van der Waals surface area contributed by atoms with Gasteiger partial charge in [0.1, 0.15) is 4.60 Å². The molecule has 2 aromatic rings. The second-order valence-corrected chi connectivity index (χ2v) is 4.40. The van der Waals surface area contributed by atoms with Gasteiger partial charge in [-0.15, -0.1) is 0 Å². The maximum Gasteiger partial charge on any atom is 0.106 e. The Bertz CT molecular complexity index is 518. The van der Waals surface area contributed by atoms with E-state index in [1.54, 1.807) is 0 Å². The largest absolute Gasteiger partial charge is 0.298 e. The van der Waals surface area contributed by atoms with Gasteiger partial charge in [0, 0.05) is 5.56 Å². The van der Waals surface area contributed by atoms with Gasteiger partial charge in [-0.25, -0.2) is 4.98 Å². The molecule has 1 aromatic heterocycles. The number of aryl methyl sites for hydroxylation is 1. The lowest BCUT2D eigenvalue weighted by atomic mass is 10.1. The first-order valence-corrected chi connectivity index (χ1v) is 5.74. The number of rotatable bonds is 2. The van der Waals surface area contributed by atoms with Crippen molar-refractivity contribution in [3.8, 4) is 0 Å². The second-order valence-electron chi connectivity index (χ2n) is 3.59. The van der Waals surface area contributed by atoms with E-state index in [0.29, 0.717) is 11.4 Å². The summed E-state index contributed by atoms with van der Waals surface area (Å²) in [5, 5.41) is 8.05. The molecule has 1 heterocycles. The highest BCUT2D eigenvalue weighted by atomic mass is 79.9. The van der Waals surface area contributed by atoms with Gasteiger partial charge in [0.2, 0.25) is 0 Å². The molecule has 0 spiro atoms. The molecule has 2 rings (SSSR count). The molecule has 2 nitrogen and oxygen atoms in total. The standard InChI is InChI=1S/C13H11BrN2/c1-9-5-7-10(8-6-9)13(15)11-3-2-4-12(14)16-11/h2-8,15H,1H3. The van der Waals surface area contributed by atoms with E-state index in [9.17, 15) is 0 Å². The van der Waals surface area contributed by atoms with Gasteiger partial charge < -0.3 is 0 Å². The highest BCUT2D eigenvalue weighted by molar-refractivity contribution is 9.10. The van der Waals surface area contributed by atoms with Crippen LogP contribution in [0.15, 0.2) is 47.1 Å². The molecule has 80 valence electrons. The average Bonchev–Trinajstić information content (AvgIpc) is 2.29. The summed E-state index contributed by atoms with van der Waals surface area (Å²) in [6, 6.07) is 13.5. The van der Waals surface area contributed by atoms with Crippen molar-refractivity contribution in [3.05, 3.63) is 63.9 Å². The zero-order valence-corrected chi connectivity index (χ0v) is 10.5. The number of hydrogen-bond acceptors (Lipinski definition) is 2. The fourth-order valence-corrected chi connectivity index (χ4v) is 1.76. The molecule has 0 bridgehead atoms. The van der Waals surface area contributed by atoms with Gasteiger partial charge in [-0.2, -0.15) is 0 Å². The number of nitrogens with one attached hydrogen (secondary N) is 1. The minimum Gasteiger partial charge on any atom is -0.298 e. The highest BCUT2D eigenvalue weighted by Gasteiger charge is 2.05. The summed E-state index contributed by atoms with van der Waals surface area (Å²) < 4.78 is 0.752. The van der Waals surface area contributed by atoms with Crippen molar-refractivity contribution in [1.82, 2.24) is 4.98 Å². The lowest BCUT2D eigenvalue weighted by Gasteiger charge is -2.04. The monoisotopic (exact) mass is 274 g/mol. The molecule has 0 saturated heterocycles. The summed E-state index contributed by atoms with van der Waals surface area (Å²) in [4.78, 5) is 4.26. The van der Waals surface area contributed by atoms with Crippen LogP contribution in [0.3, 0.4) is 0 Å². The number of nitrogens with zero attached hydrogens (tertiary/aromatic N) is 1. The maximum atomic E-state index is 8.05. The van der Waals surface area contributed by atoms with Gasteiger partial charge in [0.15, 0.2) is 0 Å². The lowest BCUT2D eigenvalue weighted by Crippen LogP contribution is -2.03. The molecule has 0 fully saturated rings. The molecule has 16 heavy (non-hydrogen) atoms. The lowest BCUT2D eigenvalue weighted by molar-refractivity contribution is 1.23. The molecule has 0 amide bonds. The predicted molar refractivity (Wildman–Crippen MR) is 69.0 cm³/mol. The molecule has 0 aliphatic rings. The summed E-state index contributed by atoms with van der Waals surface area (Å²) in [6.07, 6.45) is 0. The van der Waals surface area contributed by atoms with Gasteiger partial charge >= 0.3 is 0 Å². The fraction of sp³-hybridized carbons (Fsp3) is 0.0769. The van der Waals surface area contributed by atoms with Crippen LogP contribution < -0.4 is 0 Å². The van der Waals surface area contributed by atoms with Crippen LogP contribution in [0.5, 0.6) is 0 Å². The van der Waals surface area contributed by atoms with Gasteiger partial charge in [-0.3, -0.25) is 5.41 Å². The van der Waals surface area contributed by atoms with Crippen molar-refractivity contribution in [2.75, 3.05) is 0 Å². The summed E-state index contributed by atoms with van der Waals surface area (Å²) in [5.41, 5.74) is 3.20. The molecule has 1 N–H and O–H groups in total. The Kier molecular flexibility index (Phi) is 3.15. The van der Waals surface area contributed by atoms with Crippen molar-refractivity contribution in [3.63, 3.8) is 0 Å². The number of aromatic nitrogens is 1. The van der Waals surface area contributed by atoms with E-state index >= 15 is 0 Å². The molecule has 0 saturated carbocycles. The Morgan fingerprint density at radius 2 is 1.81 bits per heavy atom. The van der Waals surface area contributed by atoms with E-state index in [2.05, 4.69) is 20.9 Å². The van der Waals surface area contributed by atoms with Crippen molar-refractivity contribution in [1.29, 1.82) is 5.41 Å². The van der Waals surface area contributed by atoms with E-state index < -0.39 is 0 Å². The van der Waals surface area contributed by atoms with Crippen molar-refractivity contribution < 1.29 is 0 Å². The topological polar surface area (TPSA) is 36.7 Å². The van der Waals surface area contributed by atoms with Crippen LogP contribution in [-0.4, -0.2) is 10.7 Å². The van der Waals surface area contributed by atoms with Crippen LogP contribution in [0.4, 0.5) is 0 Å². The number of hydrogen-bond donors (Lipinski definition) is 1. The van der Waals surface area contributed by atoms with E-state index in [0.717, 1.165) is 10.2 Å². The van der Waals surface area contributed by atoms with Crippen molar-refractivity contribution in [2.24, 2.45) is 0 Å². The van der Waals surface area contributed by atoms with E-state index in [-0.39, 0.29) is 0 Å². The SMILES string of the molecule is Cc1ccc(C(=N)c2cccc(Br)n2)cc1. The molecule has 1 aromatic carbocycles. The smallest absolute Gasteiger partial charge is 0.106 e.